The first kappa shape index (κ1) is 26.0. The molecule has 0 aliphatic carbocycles. The SMILES string of the molecule is C=CCCOC(=O)[C@H]1[C@H]2C(=O)N(CCO)C(C(=O)N(CC=C)Cc3ccccc3)C23CC(Br)[C@@H]1S3. The van der Waals surface area contributed by atoms with Crippen LogP contribution in [-0.2, 0) is 25.7 Å². The zero-order valence-corrected chi connectivity index (χ0v) is 22.0. The van der Waals surface area contributed by atoms with E-state index in [9.17, 15) is 19.5 Å². The summed E-state index contributed by atoms with van der Waals surface area (Å²) in [6.07, 6.45) is 4.47. The van der Waals surface area contributed by atoms with Crippen molar-refractivity contribution in [1.82, 2.24) is 9.80 Å². The highest BCUT2D eigenvalue weighted by Crippen LogP contribution is 2.68. The number of thioether (sulfide) groups is 1. The van der Waals surface area contributed by atoms with Crippen LogP contribution in [0.25, 0.3) is 0 Å². The molecule has 2 bridgehead atoms. The van der Waals surface area contributed by atoms with Crippen molar-refractivity contribution in [1.29, 1.82) is 0 Å². The van der Waals surface area contributed by atoms with Crippen LogP contribution in [0, 0.1) is 11.8 Å². The number of carbonyl (C=O) groups excluding carboxylic acids is 3. The molecule has 2 amide bonds. The number of β-amino-alcohol motifs (C(OH)–C–C–N with tert-alkyl or cyclic N) is 1. The molecule has 3 heterocycles. The minimum atomic E-state index is -0.781. The highest BCUT2D eigenvalue weighted by Gasteiger charge is 2.76. The third kappa shape index (κ3) is 4.58. The summed E-state index contributed by atoms with van der Waals surface area (Å²) in [6, 6.07) is 8.89. The summed E-state index contributed by atoms with van der Waals surface area (Å²) >= 11 is 5.29. The number of rotatable bonds is 11. The van der Waals surface area contributed by atoms with Crippen molar-refractivity contribution in [3.8, 4) is 0 Å². The van der Waals surface area contributed by atoms with Gasteiger partial charge in [0.2, 0.25) is 11.8 Å². The van der Waals surface area contributed by atoms with Gasteiger partial charge in [0, 0.05) is 29.7 Å². The third-order valence-electron chi connectivity index (χ3n) is 7.08. The number of hydrogen-bond donors (Lipinski definition) is 1. The van der Waals surface area contributed by atoms with Gasteiger partial charge in [-0.2, -0.15) is 0 Å². The maximum atomic E-state index is 14.1. The standard InChI is InChI=1S/C26H31BrN2O5S/c1-3-5-14-34-25(33)19-20-23(31)29(12-13-30)22(26(20)15-18(27)21(19)35-26)24(32)28(11-4-2)16-17-9-7-6-8-10-17/h3-4,6-10,18-22,30H,1-2,5,11-16H2/t18?,19-,20-,21-,22?,26?/m0/s1. The molecule has 0 saturated carbocycles. The average molecular weight is 564 g/mol. The summed E-state index contributed by atoms with van der Waals surface area (Å²) < 4.78 is 4.74. The van der Waals surface area contributed by atoms with Gasteiger partial charge in [0.1, 0.15) is 6.04 Å². The maximum Gasteiger partial charge on any atom is 0.310 e. The van der Waals surface area contributed by atoms with Gasteiger partial charge in [-0.05, 0) is 18.4 Å². The summed E-state index contributed by atoms with van der Waals surface area (Å²) in [6.45, 7) is 8.16. The number of carbonyl (C=O) groups is 3. The van der Waals surface area contributed by atoms with E-state index in [2.05, 4.69) is 29.1 Å². The summed E-state index contributed by atoms with van der Waals surface area (Å²) in [5.41, 5.74) is 0.972. The lowest BCUT2D eigenvalue weighted by molar-refractivity contribution is -0.154. The zero-order valence-electron chi connectivity index (χ0n) is 19.6. The number of ether oxygens (including phenoxy) is 1. The van der Waals surface area contributed by atoms with Crippen LogP contribution in [0.2, 0.25) is 0 Å². The van der Waals surface area contributed by atoms with Crippen molar-refractivity contribution in [2.24, 2.45) is 11.8 Å². The smallest absolute Gasteiger partial charge is 0.310 e. The molecule has 6 atom stereocenters. The Kier molecular flexibility index (Phi) is 8.08. The first-order chi connectivity index (χ1) is 16.9. The van der Waals surface area contributed by atoms with Crippen LogP contribution in [0.1, 0.15) is 18.4 Å². The summed E-state index contributed by atoms with van der Waals surface area (Å²) in [5.74, 6) is -2.15. The molecule has 3 aliphatic rings. The van der Waals surface area contributed by atoms with Gasteiger partial charge in [0.15, 0.2) is 0 Å². The second-order valence-corrected chi connectivity index (χ2v) is 11.9. The first-order valence-electron chi connectivity index (χ1n) is 11.8. The second-order valence-electron chi connectivity index (χ2n) is 9.16. The summed E-state index contributed by atoms with van der Waals surface area (Å²) in [4.78, 5) is 44.2. The minimum Gasteiger partial charge on any atom is -0.465 e. The van der Waals surface area contributed by atoms with Gasteiger partial charge >= 0.3 is 5.97 Å². The molecule has 3 fully saturated rings. The Bertz CT molecular complexity index is 991. The Morgan fingerprint density at radius 2 is 2.03 bits per heavy atom. The Morgan fingerprint density at radius 3 is 2.69 bits per heavy atom. The van der Waals surface area contributed by atoms with Crippen LogP contribution in [0.5, 0.6) is 0 Å². The fraction of sp³-hybridized carbons (Fsp3) is 0.500. The molecular weight excluding hydrogens is 532 g/mol. The highest BCUT2D eigenvalue weighted by molar-refractivity contribution is 9.09. The number of esters is 1. The van der Waals surface area contributed by atoms with Crippen LogP contribution < -0.4 is 0 Å². The number of aliphatic hydroxyl groups excluding tert-OH is 1. The Labute approximate surface area is 218 Å². The monoisotopic (exact) mass is 562 g/mol. The van der Waals surface area contributed by atoms with Gasteiger partial charge in [0.25, 0.3) is 0 Å². The molecule has 1 spiro atoms. The van der Waals surface area contributed by atoms with Crippen molar-refractivity contribution in [3.63, 3.8) is 0 Å². The van der Waals surface area contributed by atoms with E-state index in [0.29, 0.717) is 25.9 Å². The van der Waals surface area contributed by atoms with Crippen LogP contribution in [0.3, 0.4) is 0 Å². The first-order valence-corrected chi connectivity index (χ1v) is 13.6. The lowest BCUT2D eigenvalue weighted by atomic mass is 9.71. The van der Waals surface area contributed by atoms with Crippen molar-refractivity contribution in [2.75, 3.05) is 26.3 Å². The predicted molar refractivity (Wildman–Crippen MR) is 139 cm³/mol. The molecule has 9 heteroatoms. The summed E-state index contributed by atoms with van der Waals surface area (Å²) in [7, 11) is 0. The number of fused-ring (bicyclic) bond motifs is 1. The van der Waals surface area contributed by atoms with E-state index in [1.807, 2.05) is 30.3 Å². The van der Waals surface area contributed by atoms with Gasteiger partial charge in [-0.1, -0.05) is 58.4 Å². The fourth-order valence-electron chi connectivity index (χ4n) is 5.73. The molecular formula is C26H31BrN2O5S. The zero-order chi connectivity index (χ0) is 25.2. The summed E-state index contributed by atoms with van der Waals surface area (Å²) in [5, 5.41) is 9.61. The van der Waals surface area contributed by atoms with Crippen LogP contribution in [0.15, 0.2) is 55.6 Å². The molecule has 3 unspecified atom stereocenters. The largest absolute Gasteiger partial charge is 0.465 e. The number of hydrogen-bond acceptors (Lipinski definition) is 6. The Morgan fingerprint density at radius 1 is 1.29 bits per heavy atom. The third-order valence-corrected chi connectivity index (χ3v) is 10.3. The average Bonchev–Trinajstić information content (AvgIpc) is 3.43. The predicted octanol–water partition coefficient (Wildman–Crippen LogP) is 2.78. The number of alkyl halides is 1. The number of nitrogens with zero attached hydrogens (tertiary/aromatic N) is 2. The van der Waals surface area contributed by atoms with Crippen LogP contribution >= 0.6 is 27.7 Å². The van der Waals surface area contributed by atoms with Crippen molar-refractivity contribution in [2.45, 2.75) is 40.3 Å². The van der Waals surface area contributed by atoms with Gasteiger partial charge in [-0.3, -0.25) is 14.4 Å². The number of halogens is 1. The van der Waals surface area contributed by atoms with E-state index >= 15 is 0 Å². The number of aliphatic hydroxyl groups is 1. The highest BCUT2D eigenvalue weighted by atomic mass is 79.9. The molecule has 0 aromatic heterocycles. The van der Waals surface area contributed by atoms with E-state index in [1.54, 1.807) is 28.8 Å². The van der Waals surface area contributed by atoms with Crippen molar-refractivity contribution >= 4 is 45.5 Å². The van der Waals surface area contributed by atoms with Gasteiger partial charge in [-0.25, -0.2) is 0 Å². The van der Waals surface area contributed by atoms with Gasteiger partial charge < -0.3 is 19.6 Å². The van der Waals surface area contributed by atoms with Crippen molar-refractivity contribution in [3.05, 3.63) is 61.2 Å². The fourth-order valence-corrected chi connectivity index (χ4v) is 9.33. The lowest BCUT2D eigenvalue weighted by Crippen LogP contribution is -2.55. The quantitative estimate of drug-likeness (QED) is 0.193. The van der Waals surface area contributed by atoms with Gasteiger partial charge in [0.05, 0.1) is 29.8 Å². The number of benzene rings is 1. The lowest BCUT2D eigenvalue weighted by Gasteiger charge is -2.37. The second kappa shape index (κ2) is 10.9. The van der Waals surface area contributed by atoms with E-state index < -0.39 is 28.6 Å². The molecule has 0 radical (unpaired) electrons. The molecule has 1 aromatic carbocycles. The van der Waals surface area contributed by atoms with E-state index in [4.69, 9.17) is 4.74 Å². The maximum absolute atomic E-state index is 14.1. The van der Waals surface area contributed by atoms with E-state index in [1.165, 1.54) is 4.90 Å². The van der Waals surface area contributed by atoms with Crippen molar-refractivity contribution < 1.29 is 24.2 Å². The normalized spacial score (nSPS) is 30.7. The molecule has 3 aliphatic heterocycles. The van der Waals surface area contributed by atoms with E-state index in [-0.39, 0.29) is 41.6 Å². The molecule has 7 nitrogen and oxygen atoms in total. The Hall–Kier alpha value is -2.10. The molecule has 35 heavy (non-hydrogen) atoms. The number of amides is 2. The molecule has 3 saturated heterocycles. The van der Waals surface area contributed by atoms with Crippen LogP contribution in [-0.4, -0.2) is 79.9 Å². The Balaban J connectivity index is 1.69. The topological polar surface area (TPSA) is 87.1 Å². The molecule has 1 N–H and O–H groups in total. The molecule has 4 rings (SSSR count). The molecule has 188 valence electrons. The van der Waals surface area contributed by atoms with Crippen LogP contribution in [0.4, 0.5) is 0 Å². The minimum absolute atomic E-state index is 0.0279. The van der Waals surface area contributed by atoms with E-state index in [0.717, 1.165) is 5.56 Å². The number of likely N-dealkylation sites (tertiary alicyclic amines) is 1. The van der Waals surface area contributed by atoms with Gasteiger partial charge in [-0.15, -0.1) is 24.9 Å². The molecule has 1 aromatic rings.